The molecule has 0 aromatic heterocycles. The molecule has 3 rings (SSSR count). The molecule has 0 bridgehead atoms. The lowest BCUT2D eigenvalue weighted by molar-refractivity contribution is 0.572. The molecule has 1 aliphatic rings. The average molecular weight is 270 g/mol. The topological polar surface area (TPSA) is 15.3 Å². The molecule has 0 spiro atoms. The van der Waals surface area contributed by atoms with Crippen LogP contribution in [-0.4, -0.2) is 19.1 Å². The van der Waals surface area contributed by atoms with Gasteiger partial charge in [-0.3, -0.25) is 0 Å². The van der Waals surface area contributed by atoms with Crippen LogP contribution in [0.1, 0.15) is 12.5 Å². The van der Waals surface area contributed by atoms with Crippen molar-refractivity contribution < 1.29 is 4.39 Å². The van der Waals surface area contributed by atoms with E-state index in [2.05, 4.69) is 35.3 Å². The van der Waals surface area contributed by atoms with E-state index in [4.69, 9.17) is 0 Å². The molecule has 1 unspecified atom stereocenters. The molecule has 0 fully saturated rings. The van der Waals surface area contributed by atoms with Gasteiger partial charge >= 0.3 is 0 Å². The molecule has 1 aliphatic heterocycles. The first-order valence-corrected chi connectivity index (χ1v) is 7.12. The Morgan fingerprint density at radius 1 is 1.15 bits per heavy atom. The van der Waals surface area contributed by atoms with Crippen LogP contribution < -0.4 is 10.2 Å². The molecule has 0 amide bonds. The Hall–Kier alpha value is -2.03. The van der Waals surface area contributed by atoms with Crippen LogP contribution in [0.3, 0.4) is 0 Å². The van der Waals surface area contributed by atoms with Crippen LogP contribution in [-0.2, 0) is 6.42 Å². The number of nitrogens with zero attached hydrogens (tertiary/aromatic N) is 1. The largest absolute Gasteiger partial charge is 0.383 e. The summed E-state index contributed by atoms with van der Waals surface area (Å²) in [7, 11) is 0. The van der Waals surface area contributed by atoms with Crippen molar-refractivity contribution >= 4 is 11.4 Å². The van der Waals surface area contributed by atoms with E-state index in [1.165, 1.54) is 17.3 Å². The van der Waals surface area contributed by atoms with Crippen molar-refractivity contribution in [1.82, 2.24) is 0 Å². The maximum absolute atomic E-state index is 14.0. The van der Waals surface area contributed by atoms with E-state index >= 15 is 0 Å². The summed E-state index contributed by atoms with van der Waals surface area (Å²) < 4.78 is 14.0. The normalized spacial score (nSPS) is 17.2. The number of hydrogen-bond acceptors (Lipinski definition) is 2. The third-order valence-corrected chi connectivity index (χ3v) is 3.94. The second-order valence-corrected chi connectivity index (χ2v) is 5.13. The molecule has 1 N–H and O–H groups in total. The van der Waals surface area contributed by atoms with Gasteiger partial charge < -0.3 is 10.2 Å². The minimum Gasteiger partial charge on any atom is -0.383 e. The average Bonchev–Trinajstić information content (AvgIpc) is 2.50. The van der Waals surface area contributed by atoms with Gasteiger partial charge in [-0.15, -0.1) is 0 Å². The number of hydrogen-bond donors (Lipinski definition) is 1. The first-order chi connectivity index (χ1) is 9.79. The fourth-order valence-electron chi connectivity index (χ4n) is 2.95. The summed E-state index contributed by atoms with van der Waals surface area (Å²) in [6.45, 7) is 3.72. The Labute approximate surface area is 119 Å². The van der Waals surface area contributed by atoms with E-state index in [-0.39, 0.29) is 11.9 Å². The third kappa shape index (κ3) is 2.36. The molecule has 0 radical (unpaired) electrons. The highest BCUT2D eigenvalue weighted by Gasteiger charge is 2.24. The molecule has 104 valence electrons. The third-order valence-electron chi connectivity index (χ3n) is 3.94. The number of nitrogens with one attached hydrogen (secondary N) is 1. The minimum absolute atomic E-state index is 0.145. The van der Waals surface area contributed by atoms with Crippen LogP contribution in [0.2, 0.25) is 0 Å². The van der Waals surface area contributed by atoms with E-state index in [0.717, 1.165) is 19.5 Å². The number of para-hydroxylation sites is 2. The van der Waals surface area contributed by atoms with Gasteiger partial charge in [-0.2, -0.15) is 0 Å². The van der Waals surface area contributed by atoms with Crippen LogP contribution in [0.5, 0.6) is 0 Å². The van der Waals surface area contributed by atoms with Crippen LogP contribution in [0.15, 0.2) is 48.5 Å². The monoisotopic (exact) mass is 270 g/mol. The standard InChI is InChI=1S/C17H19FN2/c1-2-20(17-10-6-4-8-15(17)18)14-11-13-7-3-5-9-16(13)19-12-14/h3-10,14,19H,2,11-12H2,1H3. The Bertz CT molecular complexity index is 597. The summed E-state index contributed by atoms with van der Waals surface area (Å²) >= 11 is 0. The Balaban J connectivity index is 1.87. The maximum atomic E-state index is 14.0. The van der Waals surface area contributed by atoms with E-state index in [1.807, 2.05) is 18.2 Å². The summed E-state index contributed by atoms with van der Waals surface area (Å²) in [6, 6.07) is 15.7. The van der Waals surface area contributed by atoms with Crippen molar-refractivity contribution in [2.24, 2.45) is 0 Å². The summed E-state index contributed by atoms with van der Waals surface area (Å²) in [4.78, 5) is 2.15. The van der Waals surface area contributed by atoms with Gasteiger partial charge in [-0.05, 0) is 37.1 Å². The number of anilines is 2. The predicted molar refractivity (Wildman–Crippen MR) is 81.8 cm³/mol. The second kappa shape index (κ2) is 5.53. The van der Waals surface area contributed by atoms with Crippen molar-refractivity contribution in [2.45, 2.75) is 19.4 Å². The summed E-state index contributed by atoms with van der Waals surface area (Å²) in [5.41, 5.74) is 3.20. The van der Waals surface area contributed by atoms with Crippen molar-refractivity contribution in [1.29, 1.82) is 0 Å². The van der Waals surface area contributed by atoms with Crippen molar-refractivity contribution in [3.63, 3.8) is 0 Å². The van der Waals surface area contributed by atoms with Crippen molar-refractivity contribution in [3.8, 4) is 0 Å². The number of halogens is 1. The Morgan fingerprint density at radius 2 is 1.90 bits per heavy atom. The number of rotatable bonds is 3. The molecule has 20 heavy (non-hydrogen) atoms. The zero-order valence-corrected chi connectivity index (χ0v) is 11.6. The Kier molecular flexibility index (Phi) is 3.59. The van der Waals surface area contributed by atoms with E-state index in [1.54, 1.807) is 6.07 Å². The Morgan fingerprint density at radius 3 is 2.70 bits per heavy atom. The van der Waals surface area contributed by atoms with Gasteiger partial charge in [0.1, 0.15) is 5.82 Å². The van der Waals surface area contributed by atoms with Gasteiger partial charge in [0.25, 0.3) is 0 Å². The lowest BCUT2D eigenvalue weighted by Gasteiger charge is -2.36. The van der Waals surface area contributed by atoms with Crippen LogP contribution in [0, 0.1) is 5.82 Å². The molecule has 0 saturated heterocycles. The predicted octanol–water partition coefficient (Wildman–Crippen LogP) is 3.69. The van der Waals surface area contributed by atoms with Crippen molar-refractivity contribution in [2.75, 3.05) is 23.3 Å². The molecule has 2 aromatic rings. The smallest absolute Gasteiger partial charge is 0.146 e. The highest BCUT2D eigenvalue weighted by molar-refractivity contribution is 5.56. The van der Waals surface area contributed by atoms with Gasteiger partial charge in [0.05, 0.1) is 11.7 Å². The highest BCUT2D eigenvalue weighted by Crippen LogP contribution is 2.27. The molecular weight excluding hydrogens is 251 g/mol. The fourth-order valence-corrected chi connectivity index (χ4v) is 2.95. The number of fused-ring (bicyclic) bond motifs is 1. The summed E-state index contributed by atoms with van der Waals surface area (Å²) in [5, 5.41) is 3.45. The number of benzene rings is 2. The van der Waals surface area contributed by atoms with Gasteiger partial charge in [0.2, 0.25) is 0 Å². The van der Waals surface area contributed by atoms with E-state index < -0.39 is 0 Å². The molecule has 2 aromatic carbocycles. The molecule has 0 saturated carbocycles. The zero-order chi connectivity index (χ0) is 13.9. The first-order valence-electron chi connectivity index (χ1n) is 7.12. The van der Waals surface area contributed by atoms with Crippen LogP contribution in [0.25, 0.3) is 0 Å². The highest BCUT2D eigenvalue weighted by atomic mass is 19.1. The van der Waals surface area contributed by atoms with E-state index in [9.17, 15) is 4.39 Å². The molecular formula is C17H19FN2. The zero-order valence-electron chi connectivity index (χ0n) is 11.6. The lowest BCUT2D eigenvalue weighted by Crippen LogP contribution is -2.44. The van der Waals surface area contributed by atoms with Gasteiger partial charge in [-0.25, -0.2) is 4.39 Å². The minimum atomic E-state index is -0.145. The molecule has 0 aliphatic carbocycles. The van der Waals surface area contributed by atoms with Crippen LogP contribution >= 0.6 is 0 Å². The van der Waals surface area contributed by atoms with Gasteiger partial charge in [0.15, 0.2) is 0 Å². The SMILES string of the molecule is CCN(c1ccccc1F)C1CNc2ccccc2C1. The maximum Gasteiger partial charge on any atom is 0.146 e. The lowest BCUT2D eigenvalue weighted by atomic mass is 9.98. The van der Waals surface area contributed by atoms with Crippen LogP contribution in [0.4, 0.5) is 15.8 Å². The van der Waals surface area contributed by atoms with E-state index in [0.29, 0.717) is 5.69 Å². The summed E-state index contributed by atoms with van der Waals surface area (Å²) in [6.07, 6.45) is 0.950. The molecule has 3 heteroatoms. The number of likely N-dealkylation sites (N-methyl/N-ethyl adjacent to an activating group) is 1. The second-order valence-electron chi connectivity index (χ2n) is 5.13. The van der Waals surface area contributed by atoms with Gasteiger partial charge in [-0.1, -0.05) is 30.3 Å². The molecule has 1 atom stereocenters. The fraction of sp³-hybridized carbons (Fsp3) is 0.294. The molecule has 2 nitrogen and oxygen atoms in total. The molecule has 1 heterocycles. The summed E-state index contributed by atoms with van der Waals surface area (Å²) in [5.74, 6) is -0.145. The van der Waals surface area contributed by atoms with Gasteiger partial charge in [0, 0.05) is 18.8 Å². The first kappa shape index (κ1) is 13.0. The quantitative estimate of drug-likeness (QED) is 0.915. The van der Waals surface area contributed by atoms with Crippen molar-refractivity contribution in [3.05, 3.63) is 59.9 Å².